The van der Waals surface area contributed by atoms with Gasteiger partial charge in [0.25, 0.3) is 0 Å². The SMILES string of the molecule is COC(=O)C1=C(C)[C@H](C(=O)OC)CCC1=O. The van der Waals surface area contributed by atoms with E-state index < -0.39 is 17.9 Å². The summed E-state index contributed by atoms with van der Waals surface area (Å²) in [6.07, 6.45) is 0.555. The average molecular weight is 226 g/mol. The fourth-order valence-corrected chi connectivity index (χ4v) is 1.82. The number of ether oxygens (including phenoxy) is 2. The molecule has 88 valence electrons. The van der Waals surface area contributed by atoms with Crippen molar-refractivity contribution in [1.29, 1.82) is 0 Å². The van der Waals surface area contributed by atoms with Crippen LogP contribution in [0.15, 0.2) is 11.1 Å². The van der Waals surface area contributed by atoms with Gasteiger partial charge >= 0.3 is 11.9 Å². The van der Waals surface area contributed by atoms with Crippen LogP contribution in [0, 0.1) is 5.92 Å². The van der Waals surface area contributed by atoms with Crippen LogP contribution in [0.5, 0.6) is 0 Å². The second kappa shape index (κ2) is 4.92. The quantitative estimate of drug-likeness (QED) is 0.510. The number of rotatable bonds is 2. The first-order valence-electron chi connectivity index (χ1n) is 4.93. The third-order valence-electron chi connectivity index (χ3n) is 2.73. The topological polar surface area (TPSA) is 69.7 Å². The molecule has 0 unspecified atom stereocenters. The molecule has 0 spiro atoms. The van der Waals surface area contributed by atoms with Crippen molar-refractivity contribution in [1.82, 2.24) is 0 Å². The van der Waals surface area contributed by atoms with Crippen molar-refractivity contribution in [3.8, 4) is 0 Å². The number of carbonyl (C=O) groups is 3. The van der Waals surface area contributed by atoms with Crippen molar-refractivity contribution < 1.29 is 23.9 Å². The minimum Gasteiger partial charge on any atom is -0.469 e. The van der Waals surface area contributed by atoms with Crippen LogP contribution in [0.1, 0.15) is 19.8 Å². The predicted molar refractivity (Wildman–Crippen MR) is 54.5 cm³/mol. The van der Waals surface area contributed by atoms with Crippen LogP contribution in [0.2, 0.25) is 0 Å². The minimum absolute atomic E-state index is 0.0100. The fraction of sp³-hybridized carbons (Fsp3) is 0.545. The molecule has 0 amide bonds. The summed E-state index contributed by atoms with van der Waals surface area (Å²) in [4.78, 5) is 34.4. The van der Waals surface area contributed by atoms with Gasteiger partial charge in [-0.3, -0.25) is 9.59 Å². The molecule has 1 aliphatic carbocycles. The van der Waals surface area contributed by atoms with E-state index in [1.807, 2.05) is 0 Å². The predicted octanol–water partition coefficient (Wildman–Crippen LogP) is 0.628. The number of hydrogen-bond donors (Lipinski definition) is 0. The Labute approximate surface area is 93.4 Å². The average Bonchev–Trinajstić information content (AvgIpc) is 2.28. The Morgan fingerprint density at radius 1 is 1.25 bits per heavy atom. The molecule has 1 aliphatic rings. The zero-order chi connectivity index (χ0) is 12.3. The highest BCUT2D eigenvalue weighted by molar-refractivity contribution is 6.19. The van der Waals surface area contributed by atoms with Crippen LogP contribution >= 0.6 is 0 Å². The molecule has 1 rings (SSSR count). The highest BCUT2D eigenvalue weighted by atomic mass is 16.5. The lowest BCUT2D eigenvalue weighted by Crippen LogP contribution is -2.29. The van der Waals surface area contributed by atoms with Gasteiger partial charge in [-0.05, 0) is 18.9 Å². The van der Waals surface area contributed by atoms with Crippen LogP contribution in [0.3, 0.4) is 0 Å². The van der Waals surface area contributed by atoms with E-state index in [4.69, 9.17) is 0 Å². The van der Waals surface area contributed by atoms with Gasteiger partial charge in [0.2, 0.25) is 0 Å². The van der Waals surface area contributed by atoms with E-state index in [1.54, 1.807) is 6.92 Å². The number of hydrogen-bond acceptors (Lipinski definition) is 5. The number of methoxy groups -OCH3 is 2. The highest BCUT2D eigenvalue weighted by Gasteiger charge is 2.34. The summed E-state index contributed by atoms with van der Waals surface area (Å²) in [6, 6.07) is 0. The van der Waals surface area contributed by atoms with E-state index in [1.165, 1.54) is 14.2 Å². The Bertz CT molecular complexity index is 367. The third kappa shape index (κ3) is 2.13. The molecule has 0 saturated heterocycles. The molecular weight excluding hydrogens is 212 g/mol. The van der Waals surface area contributed by atoms with Gasteiger partial charge in [0.05, 0.1) is 20.1 Å². The molecule has 0 bridgehead atoms. The van der Waals surface area contributed by atoms with Crippen LogP contribution < -0.4 is 0 Å². The van der Waals surface area contributed by atoms with Crippen molar-refractivity contribution in [3.63, 3.8) is 0 Å². The van der Waals surface area contributed by atoms with Gasteiger partial charge in [0, 0.05) is 6.42 Å². The number of carbonyl (C=O) groups excluding carboxylic acids is 3. The molecule has 0 aromatic heterocycles. The van der Waals surface area contributed by atoms with Gasteiger partial charge in [0.1, 0.15) is 5.57 Å². The summed E-state index contributed by atoms with van der Waals surface area (Å²) in [5.74, 6) is -1.90. The molecule has 0 aromatic carbocycles. The zero-order valence-electron chi connectivity index (χ0n) is 9.53. The molecule has 16 heavy (non-hydrogen) atoms. The van der Waals surface area contributed by atoms with Crippen molar-refractivity contribution in [2.75, 3.05) is 14.2 Å². The van der Waals surface area contributed by atoms with E-state index in [0.717, 1.165) is 0 Å². The van der Waals surface area contributed by atoms with Gasteiger partial charge in [-0.15, -0.1) is 0 Å². The smallest absolute Gasteiger partial charge is 0.341 e. The molecule has 0 saturated carbocycles. The summed E-state index contributed by atoms with van der Waals surface area (Å²) in [6.45, 7) is 1.59. The molecule has 5 heteroatoms. The van der Waals surface area contributed by atoms with Gasteiger partial charge in [-0.2, -0.15) is 0 Å². The molecule has 1 atom stereocenters. The summed E-state index contributed by atoms with van der Waals surface area (Å²) in [5.41, 5.74) is 0.430. The summed E-state index contributed by atoms with van der Waals surface area (Å²) < 4.78 is 9.14. The maximum Gasteiger partial charge on any atom is 0.341 e. The molecular formula is C11H14O5. The Hall–Kier alpha value is -1.65. The van der Waals surface area contributed by atoms with Crippen LogP contribution in [-0.2, 0) is 23.9 Å². The van der Waals surface area contributed by atoms with Crippen molar-refractivity contribution in [2.24, 2.45) is 5.92 Å². The number of Topliss-reactive ketones (excluding diaryl/α,β-unsaturated/α-hetero) is 1. The maximum absolute atomic E-state index is 11.6. The fourth-order valence-electron chi connectivity index (χ4n) is 1.82. The van der Waals surface area contributed by atoms with Crippen molar-refractivity contribution >= 4 is 17.7 Å². The Morgan fingerprint density at radius 2 is 1.88 bits per heavy atom. The van der Waals surface area contributed by atoms with E-state index in [0.29, 0.717) is 12.0 Å². The molecule has 0 radical (unpaired) electrons. The first kappa shape index (κ1) is 12.4. The summed E-state index contributed by atoms with van der Waals surface area (Å²) in [5, 5.41) is 0. The van der Waals surface area contributed by atoms with E-state index in [9.17, 15) is 14.4 Å². The lowest BCUT2D eigenvalue weighted by Gasteiger charge is -2.22. The summed E-state index contributed by atoms with van der Waals surface area (Å²) in [7, 11) is 2.49. The lowest BCUT2D eigenvalue weighted by molar-refractivity contribution is -0.144. The highest BCUT2D eigenvalue weighted by Crippen LogP contribution is 2.29. The lowest BCUT2D eigenvalue weighted by atomic mass is 9.83. The third-order valence-corrected chi connectivity index (χ3v) is 2.73. The normalized spacial score (nSPS) is 20.7. The molecule has 0 fully saturated rings. The first-order chi connectivity index (χ1) is 7.52. The molecule has 5 nitrogen and oxygen atoms in total. The zero-order valence-corrected chi connectivity index (χ0v) is 9.53. The number of esters is 2. The van der Waals surface area contributed by atoms with Crippen LogP contribution in [0.4, 0.5) is 0 Å². The number of ketones is 1. The van der Waals surface area contributed by atoms with E-state index in [-0.39, 0.29) is 17.8 Å². The van der Waals surface area contributed by atoms with Gasteiger partial charge in [-0.25, -0.2) is 4.79 Å². The Morgan fingerprint density at radius 3 is 2.38 bits per heavy atom. The largest absolute Gasteiger partial charge is 0.469 e. The molecule has 0 N–H and O–H groups in total. The molecule has 0 heterocycles. The Balaban J connectivity index is 3.12. The second-order valence-corrected chi connectivity index (χ2v) is 3.59. The molecule has 0 aliphatic heterocycles. The maximum atomic E-state index is 11.6. The van der Waals surface area contributed by atoms with Gasteiger partial charge < -0.3 is 9.47 Å². The minimum atomic E-state index is -0.684. The summed E-state index contributed by atoms with van der Waals surface area (Å²) >= 11 is 0. The van der Waals surface area contributed by atoms with Crippen molar-refractivity contribution in [3.05, 3.63) is 11.1 Å². The van der Waals surface area contributed by atoms with E-state index in [2.05, 4.69) is 9.47 Å². The monoisotopic (exact) mass is 226 g/mol. The van der Waals surface area contributed by atoms with Crippen molar-refractivity contribution in [2.45, 2.75) is 19.8 Å². The standard InChI is InChI=1S/C11H14O5/c1-6-7(10(13)15-2)4-5-8(12)9(6)11(14)16-3/h7H,4-5H2,1-3H3/t7-/m1/s1. The van der Waals surface area contributed by atoms with Crippen LogP contribution in [0.25, 0.3) is 0 Å². The first-order valence-corrected chi connectivity index (χ1v) is 4.93. The Kier molecular flexibility index (Phi) is 3.82. The van der Waals surface area contributed by atoms with Gasteiger partial charge in [-0.1, -0.05) is 0 Å². The second-order valence-electron chi connectivity index (χ2n) is 3.59. The van der Waals surface area contributed by atoms with E-state index >= 15 is 0 Å². The van der Waals surface area contributed by atoms with Gasteiger partial charge in [0.15, 0.2) is 5.78 Å². The van der Waals surface area contributed by atoms with Crippen LogP contribution in [-0.4, -0.2) is 31.9 Å². The molecule has 0 aromatic rings.